The molecule has 0 bridgehead atoms. The lowest BCUT2D eigenvalue weighted by Gasteiger charge is -2.34. The summed E-state index contributed by atoms with van der Waals surface area (Å²) in [5, 5.41) is 31.7. The predicted molar refractivity (Wildman–Crippen MR) is 146 cm³/mol. The van der Waals surface area contributed by atoms with Gasteiger partial charge in [-0.2, -0.15) is 0 Å². The molecule has 208 valence electrons. The van der Waals surface area contributed by atoms with E-state index >= 15 is 0 Å². The number of aliphatic imine (C=N–C) groups is 1. The van der Waals surface area contributed by atoms with Gasteiger partial charge in [0.05, 0.1) is 19.3 Å². The molecule has 0 saturated carbocycles. The minimum Gasteiger partial charge on any atom is -0.494 e. The van der Waals surface area contributed by atoms with Gasteiger partial charge in [0.1, 0.15) is 11.9 Å². The number of hydrogen-bond donors (Lipinski definition) is 5. The Bertz CT molecular complexity index is 930. The molecular formula is C28H45N3O6. The molecule has 1 fully saturated rings. The lowest BCUT2D eigenvalue weighted by Crippen LogP contribution is -2.43. The van der Waals surface area contributed by atoms with Crippen LogP contribution in [0.1, 0.15) is 44.2 Å². The standard InChI is InChI=1S/C28H45N3O6/c1-18(2)26(30-5)23(27(29)37-28-20(4)15-24(34)25(17-33)36-28)16-21-8-9-22(14-19(21)3)35-13-7-11-31-10-6-12-32/h8-9,14,18,24-25,28,31-34H,4,6-7,10-13,15-17,29H2,1-3,5H3/t24-,25+,28-/m0/s1. The van der Waals surface area contributed by atoms with Crippen molar-refractivity contribution in [2.75, 3.05) is 40.0 Å². The molecule has 1 saturated heterocycles. The van der Waals surface area contributed by atoms with Crippen LogP contribution in [0.5, 0.6) is 5.75 Å². The number of benzene rings is 1. The largest absolute Gasteiger partial charge is 0.494 e. The van der Waals surface area contributed by atoms with Crippen molar-refractivity contribution in [1.82, 2.24) is 5.32 Å². The van der Waals surface area contributed by atoms with Crippen LogP contribution >= 0.6 is 0 Å². The molecule has 1 aliphatic rings. The molecule has 0 amide bonds. The molecule has 1 heterocycles. The molecule has 0 spiro atoms. The molecule has 9 heteroatoms. The Morgan fingerprint density at radius 1 is 1.27 bits per heavy atom. The van der Waals surface area contributed by atoms with E-state index in [1.807, 2.05) is 39.0 Å². The highest BCUT2D eigenvalue weighted by atomic mass is 16.7. The molecule has 6 N–H and O–H groups in total. The normalized spacial score (nSPS) is 21.2. The Morgan fingerprint density at radius 3 is 2.62 bits per heavy atom. The number of aliphatic hydroxyl groups excluding tert-OH is 3. The zero-order chi connectivity index (χ0) is 27.4. The summed E-state index contributed by atoms with van der Waals surface area (Å²) in [5.74, 6) is 1.10. The van der Waals surface area contributed by atoms with Crippen molar-refractivity contribution in [1.29, 1.82) is 0 Å². The summed E-state index contributed by atoms with van der Waals surface area (Å²) >= 11 is 0. The summed E-state index contributed by atoms with van der Waals surface area (Å²) in [6, 6.07) is 5.99. The molecule has 0 radical (unpaired) electrons. The molecule has 1 aliphatic heterocycles. The van der Waals surface area contributed by atoms with Crippen molar-refractivity contribution in [2.45, 2.75) is 65.0 Å². The maximum absolute atomic E-state index is 10.1. The van der Waals surface area contributed by atoms with Gasteiger partial charge in [0.25, 0.3) is 0 Å². The number of nitrogens with one attached hydrogen (secondary N) is 1. The highest BCUT2D eigenvalue weighted by molar-refractivity contribution is 6.02. The monoisotopic (exact) mass is 519 g/mol. The van der Waals surface area contributed by atoms with E-state index in [-0.39, 0.29) is 31.4 Å². The number of allylic oxidation sites excluding steroid dienone is 1. The zero-order valence-corrected chi connectivity index (χ0v) is 22.7. The Hall–Kier alpha value is -2.43. The SMILES string of the molecule is C=C1C[C@H](O)[C@@H](CO)O[C@H]1OC(N)=C(Cc1ccc(OCCCNCCCO)cc1C)C(=NC)C(C)C. The van der Waals surface area contributed by atoms with Gasteiger partial charge in [0, 0.05) is 37.8 Å². The lowest BCUT2D eigenvalue weighted by molar-refractivity contribution is -0.189. The number of nitrogens with two attached hydrogens (primary N) is 1. The van der Waals surface area contributed by atoms with Crippen LogP contribution in [-0.4, -0.2) is 79.5 Å². The fraction of sp³-hybridized carbons (Fsp3) is 0.607. The van der Waals surface area contributed by atoms with Crippen LogP contribution in [-0.2, 0) is 15.9 Å². The van der Waals surface area contributed by atoms with Gasteiger partial charge in [-0.1, -0.05) is 26.5 Å². The van der Waals surface area contributed by atoms with Gasteiger partial charge < -0.3 is 40.6 Å². The maximum atomic E-state index is 10.1. The van der Waals surface area contributed by atoms with Crippen LogP contribution in [0.2, 0.25) is 0 Å². The molecule has 3 atom stereocenters. The number of rotatable bonds is 15. The lowest BCUT2D eigenvalue weighted by atomic mass is 9.92. The van der Waals surface area contributed by atoms with E-state index in [0.29, 0.717) is 18.6 Å². The Balaban J connectivity index is 2.15. The molecule has 0 unspecified atom stereocenters. The summed E-state index contributed by atoms with van der Waals surface area (Å²) in [6.45, 7) is 12.2. The first-order chi connectivity index (χ1) is 17.7. The first-order valence-corrected chi connectivity index (χ1v) is 13.0. The van der Waals surface area contributed by atoms with Crippen molar-refractivity contribution in [2.24, 2.45) is 16.6 Å². The van der Waals surface area contributed by atoms with E-state index in [1.165, 1.54) is 0 Å². The topological polar surface area (TPSA) is 139 Å². The van der Waals surface area contributed by atoms with E-state index in [1.54, 1.807) is 7.05 Å². The van der Waals surface area contributed by atoms with Crippen molar-refractivity contribution >= 4 is 5.71 Å². The van der Waals surface area contributed by atoms with E-state index in [0.717, 1.165) is 54.1 Å². The van der Waals surface area contributed by atoms with Crippen LogP contribution in [0.3, 0.4) is 0 Å². The summed E-state index contributed by atoms with van der Waals surface area (Å²) in [7, 11) is 1.74. The number of aliphatic hydroxyl groups is 3. The minimum absolute atomic E-state index is 0.110. The number of aryl methyl sites for hydroxylation is 1. The van der Waals surface area contributed by atoms with Crippen molar-refractivity contribution < 1.29 is 29.5 Å². The number of nitrogens with zero attached hydrogens (tertiary/aromatic N) is 1. The number of hydrogen-bond acceptors (Lipinski definition) is 9. The first-order valence-electron chi connectivity index (χ1n) is 13.0. The van der Waals surface area contributed by atoms with Crippen molar-refractivity contribution in [3.05, 3.63) is 52.9 Å². The smallest absolute Gasteiger partial charge is 0.224 e. The van der Waals surface area contributed by atoms with Gasteiger partial charge in [-0.3, -0.25) is 4.99 Å². The van der Waals surface area contributed by atoms with Gasteiger partial charge >= 0.3 is 0 Å². The Morgan fingerprint density at radius 2 is 2.00 bits per heavy atom. The summed E-state index contributed by atoms with van der Waals surface area (Å²) < 4.78 is 17.6. The molecule has 1 aromatic rings. The molecule has 2 rings (SSSR count). The van der Waals surface area contributed by atoms with E-state index < -0.39 is 18.5 Å². The second kappa shape index (κ2) is 15.7. The second-order valence-corrected chi connectivity index (χ2v) is 9.64. The van der Waals surface area contributed by atoms with Crippen LogP contribution in [0.25, 0.3) is 0 Å². The van der Waals surface area contributed by atoms with Crippen molar-refractivity contribution in [3.8, 4) is 5.75 Å². The van der Waals surface area contributed by atoms with Gasteiger partial charge in [-0.15, -0.1) is 0 Å². The van der Waals surface area contributed by atoms with Crippen LogP contribution < -0.4 is 15.8 Å². The van der Waals surface area contributed by atoms with E-state index in [4.69, 9.17) is 25.1 Å². The highest BCUT2D eigenvalue weighted by Gasteiger charge is 2.34. The summed E-state index contributed by atoms with van der Waals surface area (Å²) in [6.07, 6.45) is -0.0712. The quantitative estimate of drug-likeness (QED) is 0.103. The average Bonchev–Trinajstić information content (AvgIpc) is 2.85. The average molecular weight is 520 g/mol. The Labute approximate surface area is 221 Å². The van der Waals surface area contributed by atoms with Gasteiger partial charge in [-0.25, -0.2) is 0 Å². The third-order valence-corrected chi connectivity index (χ3v) is 6.30. The molecule has 1 aromatic carbocycles. The van der Waals surface area contributed by atoms with Crippen LogP contribution in [0.15, 0.2) is 46.8 Å². The summed E-state index contributed by atoms with van der Waals surface area (Å²) in [5.41, 5.74) is 10.7. The van der Waals surface area contributed by atoms with Crippen LogP contribution in [0, 0.1) is 12.8 Å². The molecule has 0 aromatic heterocycles. The van der Waals surface area contributed by atoms with Gasteiger partial charge in [0.2, 0.25) is 6.29 Å². The third-order valence-electron chi connectivity index (χ3n) is 6.30. The highest BCUT2D eigenvalue weighted by Crippen LogP contribution is 2.28. The van der Waals surface area contributed by atoms with E-state index in [2.05, 4.69) is 16.9 Å². The van der Waals surface area contributed by atoms with Gasteiger partial charge in [-0.05, 0) is 67.6 Å². The molecular weight excluding hydrogens is 474 g/mol. The number of ether oxygens (including phenoxy) is 3. The third kappa shape index (κ3) is 9.43. The van der Waals surface area contributed by atoms with Gasteiger partial charge in [0.15, 0.2) is 5.88 Å². The van der Waals surface area contributed by atoms with E-state index in [9.17, 15) is 10.2 Å². The zero-order valence-electron chi connectivity index (χ0n) is 22.7. The summed E-state index contributed by atoms with van der Waals surface area (Å²) in [4.78, 5) is 4.50. The Kier molecular flexibility index (Phi) is 13.1. The maximum Gasteiger partial charge on any atom is 0.224 e. The van der Waals surface area contributed by atoms with Crippen molar-refractivity contribution in [3.63, 3.8) is 0 Å². The predicted octanol–water partition coefficient (Wildman–Crippen LogP) is 2.22. The molecule has 0 aliphatic carbocycles. The minimum atomic E-state index is -0.865. The molecule has 9 nitrogen and oxygen atoms in total. The second-order valence-electron chi connectivity index (χ2n) is 9.64. The fourth-order valence-corrected chi connectivity index (χ4v) is 4.21. The van der Waals surface area contributed by atoms with Crippen LogP contribution in [0.4, 0.5) is 0 Å². The molecule has 37 heavy (non-hydrogen) atoms. The first kappa shape index (κ1) is 30.8. The fourth-order valence-electron chi connectivity index (χ4n) is 4.21.